The number of aromatic nitrogens is 1. The molecule has 4 rings (SSSR count). The summed E-state index contributed by atoms with van der Waals surface area (Å²) in [7, 11) is 0. The topological polar surface area (TPSA) is 66.9 Å². The third-order valence-electron chi connectivity index (χ3n) is 4.76. The molecule has 0 bridgehead atoms. The van der Waals surface area contributed by atoms with Crippen LogP contribution in [-0.2, 0) is 17.8 Å². The summed E-state index contributed by atoms with van der Waals surface area (Å²) in [6, 6.07) is 21.9. The smallest absolute Gasteiger partial charge is 0.269 e. The first-order valence-corrected chi connectivity index (χ1v) is 10.0. The number of fused-ring (bicyclic) bond motifs is 1. The Kier molecular flexibility index (Phi) is 5.84. The van der Waals surface area contributed by atoms with Gasteiger partial charge in [0.2, 0.25) is 5.88 Å². The van der Waals surface area contributed by atoms with Gasteiger partial charge in [0.1, 0.15) is 0 Å². The van der Waals surface area contributed by atoms with Crippen molar-refractivity contribution in [1.82, 2.24) is 4.57 Å². The second-order valence-electron chi connectivity index (χ2n) is 6.73. The number of halogens is 2. The predicted molar refractivity (Wildman–Crippen MR) is 119 cm³/mol. The van der Waals surface area contributed by atoms with Gasteiger partial charge in [-0.25, -0.2) is 0 Å². The van der Waals surface area contributed by atoms with Crippen LogP contribution in [0.25, 0.3) is 10.9 Å². The normalized spacial score (nSPS) is 11.4. The molecule has 3 aromatic carbocycles. The Balaban J connectivity index is 1.69. The van der Waals surface area contributed by atoms with Crippen molar-refractivity contribution in [3.63, 3.8) is 0 Å². The fraction of sp³-hybridized carbons (Fsp3) is 0.0870. The van der Waals surface area contributed by atoms with Gasteiger partial charge >= 0.3 is 0 Å². The Morgan fingerprint density at radius 1 is 0.900 bits per heavy atom. The number of azo groups is 1. The molecule has 5 nitrogen and oxygen atoms in total. The third-order valence-corrected chi connectivity index (χ3v) is 5.46. The van der Waals surface area contributed by atoms with Gasteiger partial charge in [-0.3, -0.25) is 4.79 Å². The van der Waals surface area contributed by atoms with E-state index in [2.05, 4.69) is 10.2 Å². The van der Waals surface area contributed by atoms with Crippen LogP contribution in [0.3, 0.4) is 0 Å². The largest absolute Gasteiger partial charge is 0.493 e. The number of nitrogens with zero attached hydrogens (tertiary/aromatic N) is 3. The Morgan fingerprint density at radius 3 is 2.30 bits per heavy atom. The SMILES string of the molecule is O=C(Cc1ccccc1)N=Nc1c(O)n(Cc2c(Cl)cccc2Cl)c2ccccc12. The molecule has 0 unspecified atom stereocenters. The van der Waals surface area contributed by atoms with Crippen LogP contribution in [0.1, 0.15) is 11.1 Å². The summed E-state index contributed by atoms with van der Waals surface area (Å²) in [5, 5.41) is 20.4. The molecule has 0 radical (unpaired) electrons. The lowest BCUT2D eigenvalue weighted by Crippen LogP contribution is -2.00. The minimum atomic E-state index is -0.397. The monoisotopic (exact) mass is 437 g/mol. The molecule has 1 aromatic heterocycles. The molecule has 0 aliphatic rings. The summed E-state index contributed by atoms with van der Waals surface area (Å²) >= 11 is 12.6. The van der Waals surface area contributed by atoms with E-state index in [-0.39, 0.29) is 24.5 Å². The molecule has 4 aromatic rings. The molecule has 0 fully saturated rings. The van der Waals surface area contributed by atoms with E-state index in [1.165, 1.54) is 0 Å². The lowest BCUT2D eigenvalue weighted by molar-refractivity contribution is -0.117. The van der Waals surface area contributed by atoms with E-state index in [4.69, 9.17) is 23.2 Å². The molecular weight excluding hydrogens is 421 g/mol. The summed E-state index contributed by atoms with van der Waals surface area (Å²) in [5.41, 5.74) is 2.49. The molecule has 1 N–H and O–H groups in total. The van der Waals surface area contributed by atoms with Crippen LogP contribution in [0.5, 0.6) is 5.88 Å². The van der Waals surface area contributed by atoms with Crippen LogP contribution in [0.15, 0.2) is 83.0 Å². The van der Waals surface area contributed by atoms with Crippen molar-refractivity contribution < 1.29 is 9.90 Å². The van der Waals surface area contributed by atoms with Crippen molar-refractivity contribution >= 4 is 45.7 Å². The number of amides is 1. The quantitative estimate of drug-likeness (QED) is 0.359. The average molecular weight is 438 g/mol. The lowest BCUT2D eigenvalue weighted by Gasteiger charge is -2.10. The van der Waals surface area contributed by atoms with E-state index in [0.29, 0.717) is 21.0 Å². The lowest BCUT2D eigenvalue weighted by atomic mass is 10.1. The maximum absolute atomic E-state index is 12.2. The van der Waals surface area contributed by atoms with Crippen molar-refractivity contribution in [1.29, 1.82) is 0 Å². The molecule has 0 aliphatic heterocycles. The second kappa shape index (κ2) is 8.69. The zero-order chi connectivity index (χ0) is 21.1. The molecule has 0 aliphatic carbocycles. The molecule has 1 amide bonds. The van der Waals surface area contributed by atoms with Gasteiger partial charge in [-0.1, -0.05) is 77.8 Å². The van der Waals surface area contributed by atoms with Crippen LogP contribution in [-0.4, -0.2) is 15.6 Å². The number of aromatic hydroxyl groups is 1. The Bertz CT molecular complexity index is 1230. The predicted octanol–water partition coefficient (Wildman–Crippen LogP) is 6.56. The van der Waals surface area contributed by atoms with E-state index in [9.17, 15) is 9.90 Å². The van der Waals surface area contributed by atoms with Gasteiger partial charge in [-0.2, -0.15) is 0 Å². The van der Waals surface area contributed by atoms with Crippen molar-refractivity contribution in [2.24, 2.45) is 10.2 Å². The van der Waals surface area contributed by atoms with E-state index < -0.39 is 5.91 Å². The summed E-state index contributed by atoms with van der Waals surface area (Å²) in [6.07, 6.45) is 0.138. The van der Waals surface area contributed by atoms with E-state index in [1.807, 2.05) is 54.6 Å². The van der Waals surface area contributed by atoms with Crippen LogP contribution in [0, 0.1) is 0 Å². The van der Waals surface area contributed by atoms with Gasteiger partial charge in [0.15, 0.2) is 5.69 Å². The van der Waals surface area contributed by atoms with Crippen molar-refractivity contribution in [3.05, 3.63) is 94.0 Å². The number of carbonyl (C=O) groups is 1. The minimum absolute atomic E-state index is 0.108. The average Bonchev–Trinajstić information content (AvgIpc) is 3.01. The number of benzene rings is 3. The molecule has 7 heteroatoms. The van der Waals surface area contributed by atoms with Crippen LogP contribution in [0.2, 0.25) is 10.0 Å². The summed E-state index contributed by atoms with van der Waals surface area (Å²) in [6.45, 7) is 0.248. The molecule has 0 saturated carbocycles. The highest BCUT2D eigenvalue weighted by Crippen LogP contribution is 2.40. The summed E-state index contributed by atoms with van der Waals surface area (Å²) in [4.78, 5) is 12.2. The fourth-order valence-corrected chi connectivity index (χ4v) is 3.80. The Morgan fingerprint density at radius 2 is 1.57 bits per heavy atom. The zero-order valence-electron chi connectivity index (χ0n) is 15.8. The van der Waals surface area contributed by atoms with Crippen molar-refractivity contribution in [3.8, 4) is 5.88 Å². The number of hydrogen-bond acceptors (Lipinski definition) is 3. The first kappa shape index (κ1) is 20.1. The summed E-state index contributed by atoms with van der Waals surface area (Å²) < 4.78 is 1.65. The third kappa shape index (κ3) is 4.08. The highest BCUT2D eigenvalue weighted by atomic mass is 35.5. The van der Waals surface area contributed by atoms with Crippen LogP contribution >= 0.6 is 23.2 Å². The van der Waals surface area contributed by atoms with Gasteiger partial charge in [-0.05, 0) is 23.8 Å². The Labute approximate surface area is 183 Å². The van der Waals surface area contributed by atoms with Crippen molar-refractivity contribution in [2.45, 2.75) is 13.0 Å². The molecule has 0 spiro atoms. The molecule has 0 atom stereocenters. The molecule has 1 heterocycles. The zero-order valence-corrected chi connectivity index (χ0v) is 17.3. The number of carbonyl (C=O) groups excluding carboxylic acids is 1. The highest BCUT2D eigenvalue weighted by molar-refractivity contribution is 6.36. The molecule has 30 heavy (non-hydrogen) atoms. The number of para-hydroxylation sites is 1. The van der Waals surface area contributed by atoms with Gasteiger partial charge < -0.3 is 9.67 Å². The molecular formula is C23H17Cl2N3O2. The van der Waals surface area contributed by atoms with Gasteiger partial charge in [0, 0.05) is 21.0 Å². The molecule has 150 valence electrons. The standard InChI is InChI=1S/C23H17Cl2N3O2/c24-18-10-6-11-19(25)17(18)14-28-20-12-5-4-9-16(20)22(23(28)30)27-26-21(29)13-15-7-2-1-3-8-15/h1-12,30H,13-14H2. The minimum Gasteiger partial charge on any atom is -0.493 e. The molecule has 0 saturated heterocycles. The fourth-order valence-electron chi connectivity index (χ4n) is 3.28. The first-order chi connectivity index (χ1) is 14.5. The Hall–Kier alpha value is -3.15. The van der Waals surface area contributed by atoms with Gasteiger partial charge in [0.25, 0.3) is 5.91 Å². The van der Waals surface area contributed by atoms with E-state index in [0.717, 1.165) is 11.1 Å². The highest BCUT2D eigenvalue weighted by Gasteiger charge is 2.18. The van der Waals surface area contributed by atoms with Gasteiger partial charge in [-0.15, -0.1) is 10.2 Å². The second-order valence-corrected chi connectivity index (χ2v) is 7.55. The van der Waals surface area contributed by atoms with Gasteiger partial charge in [0.05, 0.1) is 18.5 Å². The maximum atomic E-state index is 12.2. The maximum Gasteiger partial charge on any atom is 0.269 e. The van der Waals surface area contributed by atoms with Crippen LogP contribution < -0.4 is 0 Å². The van der Waals surface area contributed by atoms with E-state index >= 15 is 0 Å². The van der Waals surface area contributed by atoms with Crippen molar-refractivity contribution in [2.75, 3.05) is 0 Å². The van der Waals surface area contributed by atoms with E-state index in [1.54, 1.807) is 22.8 Å². The van der Waals surface area contributed by atoms with Crippen LogP contribution in [0.4, 0.5) is 5.69 Å². The first-order valence-electron chi connectivity index (χ1n) is 9.26. The number of hydrogen-bond donors (Lipinski definition) is 1. The number of rotatable bonds is 5. The summed E-state index contributed by atoms with van der Waals surface area (Å²) in [5.74, 6) is -0.505.